The van der Waals surface area contributed by atoms with Crippen molar-refractivity contribution in [2.45, 2.75) is 13.3 Å². The lowest BCUT2D eigenvalue weighted by Gasteiger charge is -2.10. The second kappa shape index (κ2) is 5.22. The van der Waals surface area contributed by atoms with Gasteiger partial charge in [-0.05, 0) is 13.0 Å². The average Bonchev–Trinajstić information content (AvgIpc) is 2.71. The van der Waals surface area contributed by atoms with Crippen LogP contribution in [-0.2, 0) is 6.42 Å². The van der Waals surface area contributed by atoms with Gasteiger partial charge in [-0.15, -0.1) is 11.3 Å². The molecule has 18 heavy (non-hydrogen) atoms. The average molecular weight is 267 g/mol. The molecule has 0 aliphatic rings. The topological polar surface area (TPSA) is 74.2 Å². The highest BCUT2D eigenvalue weighted by atomic mass is 32.1. The van der Waals surface area contributed by atoms with E-state index in [4.69, 9.17) is 16.2 Å². The van der Waals surface area contributed by atoms with Crippen molar-refractivity contribution in [3.63, 3.8) is 0 Å². The monoisotopic (exact) mass is 267 g/mol. The van der Waals surface area contributed by atoms with Crippen molar-refractivity contribution in [1.29, 1.82) is 0 Å². The molecular formula is C12H14FN3OS. The fourth-order valence-electron chi connectivity index (χ4n) is 1.55. The number of hydrogen-bond acceptors (Lipinski definition) is 5. The minimum absolute atomic E-state index is 0.193. The standard InChI is InChI=1S/C12H14FN3OS/c1-7-11(18-6-16-7)2-3-17-10-5-8(13)4-9(14)12(10)15/h4-6H,2-3,14-15H2,1H3. The smallest absolute Gasteiger partial charge is 0.147 e. The number of thiazole rings is 1. The Morgan fingerprint density at radius 3 is 2.83 bits per heavy atom. The summed E-state index contributed by atoms with van der Waals surface area (Å²) in [5, 5.41) is 0. The molecule has 2 rings (SSSR count). The van der Waals surface area contributed by atoms with Crippen LogP contribution in [-0.4, -0.2) is 11.6 Å². The number of rotatable bonds is 4. The summed E-state index contributed by atoms with van der Waals surface area (Å²) in [4.78, 5) is 5.30. The molecule has 0 fully saturated rings. The van der Waals surface area contributed by atoms with E-state index in [1.165, 1.54) is 12.1 Å². The zero-order valence-electron chi connectivity index (χ0n) is 9.94. The first-order chi connectivity index (χ1) is 8.58. The number of benzene rings is 1. The zero-order valence-corrected chi connectivity index (χ0v) is 10.8. The van der Waals surface area contributed by atoms with Gasteiger partial charge in [0, 0.05) is 17.4 Å². The van der Waals surface area contributed by atoms with Gasteiger partial charge in [0.2, 0.25) is 0 Å². The molecule has 96 valence electrons. The number of nitrogens with two attached hydrogens (primary N) is 2. The third-order valence-corrected chi connectivity index (χ3v) is 3.57. The third-order valence-electron chi connectivity index (χ3n) is 2.57. The van der Waals surface area contributed by atoms with Crippen molar-refractivity contribution in [3.8, 4) is 5.75 Å². The maximum Gasteiger partial charge on any atom is 0.147 e. The Hall–Kier alpha value is -1.82. The van der Waals surface area contributed by atoms with Gasteiger partial charge in [0.05, 0.1) is 29.2 Å². The van der Waals surface area contributed by atoms with Crippen LogP contribution in [0, 0.1) is 12.7 Å². The number of anilines is 2. The molecule has 0 saturated carbocycles. The van der Waals surface area contributed by atoms with Gasteiger partial charge in [-0.3, -0.25) is 0 Å². The van der Waals surface area contributed by atoms with Crippen molar-refractivity contribution >= 4 is 22.7 Å². The summed E-state index contributed by atoms with van der Waals surface area (Å²) in [5.41, 5.74) is 14.5. The van der Waals surface area contributed by atoms with Crippen LogP contribution in [0.3, 0.4) is 0 Å². The summed E-state index contributed by atoms with van der Waals surface area (Å²) in [6.45, 7) is 2.36. The van der Waals surface area contributed by atoms with Gasteiger partial charge in [-0.2, -0.15) is 0 Å². The second-order valence-electron chi connectivity index (χ2n) is 3.87. The van der Waals surface area contributed by atoms with Crippen LogP contribution in [0.25, 0.3) is 0 Å². The van der Waals surface area contributed by atoms with Gasteiger partial charge in [-0.25, -0.2) is 9.37 Å². The minimum atomic E-state index is -0.453. The molecule has 1 heterocycles. The van der Waals surface area contributed by atoms with E-state index in [9.17, 15) is 4.39 Å². The van der Waals surface area contributed by atoms with Crippen molar-refractivity contribution in [3.05, 3.63) is 34.0 Å². The van der Waals surface area contributed by atoms with Crippen molar-refractivity contribution < 1.29 is 9.13 Å². The molecule has 2 aromatic rings. The van der Waals surface area contributed by atoms with Crippen LogP contribution in [0.2, 0.25) is 0 Å². The molecule has 0 saturated heterocycles. The van der Waals surface area contributed by atoms with E-state index in [0.29, 0.717) is 13.0 Å². The SMILES string of the molecule is Cc1ncsc1CCOc1cc(F)cc(N)c1N. The number of aromatic nitrogens is 1. The van der Waals surface area contributed by atoms with Crippen molar-refractivity contribution in [2.75, 3.05) is 18.1 Å². The molecule has 0 bridgehead atoms. The molecule has 0 aliphatic carbocycles. The lowest BCUT2D eigenvalue weighted by molar-refractivity contribution is 0.323. The third kappa shape index (κ3) is 2.70. The van der Waals surface area contributed by atoms with E-state index < -0.39 is 5.82 Å². The highest BCUT2D eigenvalue weighted by molar-refractivity contribution is 7.09. The van der Waals surface area contributed by atoms with Gasteiger partial charge >= 0.3 is 0 Å². The summed E-state index contributed by atoms with van der Waals surface area (Å²) in [6, 6.07) is 2.42. The lowest BCUT2D eigenvalue weighted by Crippen LogP contribution is -2.05. The zero-order chi connectivity index (χ0) is 13.1. The summed E-state index contributed by atoms with van der Waals surface area (Å²) >= 11 is 1.57. The summed E-state index contributed by atoms with van der Waals surface area (Å²) in [6.07, 6.45) is 0.715. The number of aryl methyl sites for hydroxylation is 1. The number of nitrogens with zero attached hydrogens (tertiary/aromatic N) is 1. The van der Waals surface area contributed by atoms with Gasteiger partial charge in [0.1, 0.15) is 11.6 Å². The minimum Gasteiger partial charge on any atom is -0.491 e. The Morgan fingerprint density at radius 2 is 2.17 bits per heavy atom. The molecule has 0 spiro atoms. The predicted molar refractivity (Wildman–Crippen MR) is 71.3 cm³/mol. The Morgan fingerprint density at radius 1 is 1.39 bits per heavy atom. The van der Waals surface area contributed by atoms with E-state index in [0.717, 1.165) is 10.6 Å². The first-order valence-electron chi connectivity index (χ1n) is 5.44. The van der Waals surface area contributed by atoms with Gasteiger partial charge < -0.3 is 16.2 Å². The largest absolute Gasteiger partial charge is 0.491 e. The lowest BCUT2D eigenvalue weighted by atomic mass is 10.2. The highest BCUT2D eigenvalue weighted by Gasteiger charge is 2.08. The Bertz CT molecular complexity index is 556. The van der Waals surface area contributed by atoms with E-state index >= 15 is 0 Å². The maximum atomic E-state index is 13.1. The van der Waals surface area contributed by atoms with Crippen LogP contribution < -0.4 is 16.2 Å². The molecule has 0 unspecified atom stereocenters. The molecule has 0 radical (unpaired) electrons. The molecule has 0 aliphatic heterocycles. The van der Waals surface area contributed by atoms with E-state index in [1.807, 2.05) is 6.92 Å². The highest BCUT2D eigenvalue weighted by Crippen LogP contribution is 2.29. The summed E-state index contributed by atoms with van der Waals surface area (Å²) < 4.78 is 18.6. The van der Waals surface area contributed by atoms with Gasteiger partial charge in [0.15, 0.2) is 0 Å². The van der Waals surface area contributed by atoms with Crippen LogP contribution in [0.1, 0.15) is 10.6 Å². The van der Waals surface area contributed by atoms with Crippen LogP contribution in [0.15, 0.2) is 17.6 Å². The number of hydrogen-bond donors (Lipinski definition) is 2. The van der Waals surface area contributed by atoms with Crippen LogP contribution >= 0.6 is 11.3 Å². The van der Waals surface area contributed by atoms with Gasteiger partial charge in [-0.1, -0.05) is 0 Å². The Balaban J connectivity index is 2.01. The molecule has 0 atom stereocenters. The fourth-order valence-corrected chi connectivity index (χ4v) is 2.31. The molecule has 1 aromatic carbocycles. The maximum absolute atomic E-state index is 13.1. The second-order valence-corrected chi connectivity index (χ2v) is 4.81. The molecule has 4 N–H and O–H groups in total. The van der Waals surface area contributed by atoms with Gasteiger partial charge in [0.25, 0.3) is 0 Å². The van der Waals surface area contributed by atoms with Crippen molar-refractivity contribution in [1.82, 2.24) is 4.98 Å². The number of nitrogen functional groups attached to an aromatic ring is 2. The number of halogens is 1. The summed E-state index contributed by atoms with van der Waals surface area (Å²) in [5.74, 6) is -0.166. The predicted octanol–water partition coefficient (Wildman–Crippen LogP) is 2.38. The molecule has 0 amide bonds. The fraction of sp³-hybridized carbons (Fsp3) is 0.250. The molecule has 6 heteroatoms. The van der Waals surface area contributed by atoms with Crippen LogP contribution in [0.4, 0.5) is 15.8 Å². The van der Waals surface area contributed by atoms with Crippen molar-refractivity contribution in [2.24, 2.45) is 0 Å². The van der Waals surface area contributed by atoms with E-state index in [-0.39, 0.29) is 17.1 Å². The first kappa shape index (κ1) is 12.6. The summed E-state index contributed by atoms with van der Waals surface area (Å²) in [7, 11) is 0. The van der Waals surface area contributed by atoms with E-state index in [1.54, 1.807) is 16.8 Å². The Labute approximate surface area is 108 Å². The Kier molecular flexibility index (Phi) is 3.66. The number of ether oxygens (including phenoxy) is 1. The molecular weight excluding hydrogens is 253 g/mol. The normalized spacial score (nSPS) is 10.6. The molecule has 1 aromatic heterocycles. The van der Waals surface area contributed by atoms with Crippen LogP contribution in [0.5, 0.6) is 5.75 Å². The first-order valence-corrected chi connectivity index (χ1v) is 6.32. The quantitative estimate of drug-likeness (QED) is 0.834. The molecule has 4 nitrogen and oxygen atoms in total. The van der Waals surface area contributed by atoms with E-state index in [2.05, 4.69) is 4.98 Å².